The lowest BCUT2D eigenvalue weighted by molar-refractivity contribution is -0.385. The van der Waals surface area contributed by atoms with Crippen molar-refractivity contribution >= 4 is 23.3 Å². The second kappa shape index (κ2) is 6.20. The van der Waals surface area contributed by atoms with Crippen LogP contribution in [0.1, 0.15) is 0 Å². The van der Waals surface area contributed by atoms with E-state index in [-0.39, 0.29) is 17.3 Å². The summed E-state index contributed by atoms with van der Waals surface area (Å²) in [5.74, 6) is 0.978. The van der Waals surface area contributed by atoms with Crippen LogP contribution in [0.3, 0.4) is 0 Å². The van der Waals surface area contributed by atoms with Crippen LogP contribution in [0.4, 0.5) is 11.5 Å². The van der Waals surface area contributed by atoms with E-state index in [1.807, 2.05) is 6.26 Å². The first-order valence-electron chi connectivity index (χ1n) is 5.66. The van der Waals surface area contributed by atoms with E-state index < -0.39 is 4.92 Å². The summed E-state index contributed by atoms with van der Waals surface area (Å²) in [6.07, 6.45) is 1.84. The van der Waals surface area contributed by atoms with Crippen LogP contribution < -0.4 is 10.1 Å². The summed E-state index contributed by atoms with van der Waals surface area (Å²) in [5, 5.41) is 14.3. The van der Waals surface area contributed by atoms with Gasteiger partial charge in [0.1, 0.15) is 5.82 Å². The predicted octanol–water partition coefficient (Wildman–Crippen LogP) is 2.94. The average molecular weight is 292 g/mol. The Morgan fingerprint density at radius 3 is 2.75 bits per heavy atom. The number of thioether (sulfide) groups is 1. The Labute approximate surface area is 119 Å². The summed E-state index contributed by atoms with van der Waals surface area (Å²) in [6.45, 7) is 0. The van der Waals surface area contributed by atoms with Crippen LogP contribution >= 0.6 is 11.8 Å². The molecule has 104 valence electrons. The molecule has 0 saturated carbocycles. The van der Waals surface area contributed by atoms with E-state index in [4.69, 9.17) is 4.74 Å². The van der Waals surface area contributed by atoms with Gasteiger partial charge in [-0.25, -0.2) is 4.98 Å². The van der Waals surface area contributed by atoms with Crippen molar-refractivity contribution in [1.82, 2.24) is 9.97 Å². The van der Waals surface area contributed by atoms with Gasteiger partial charge < -0.3 is 10.1 Å². The molecule has 0 bridgehead atoms. The van der Waals surface area contributed by atoms with Crippen LogP contribution in [0.2, 0.25) is 0 Å². The number of nitro benzene ring substituents is 1. The first-order chi connectivity index (χ1) is 9.63. The number of aromatic nitrogens is 2. The molecular formula is C12H12N4O3S. The van der Waals surface area contributed by atoms with Crippen molar-refractivity contribution in [2.24, 2.45) is 0 Å². The zero-order chi connectivity index (χ0) is 14.5. The molecule has 0 aliphatic heterocycles. The molecule has 20 heavy (non-hydrogen) atoms. The fourth-order valence-corrected chi connectivity index (χ4v) is 1.85. The molecule has 0 saturated heterocycles. The van der Waals surface area contributed by atoms with E-state index in [0.29, 0.717) is 11.0 Å². The molecule has 0 aliphatic carbocycles. The fourth-order valence-electron chi connectivity index (χ4n) is 1.48. The van der Waals surface area contributed by atoms with Crippen LogP contribution in [0.5, 0.6) is 11.6 Å². The minimum Gasteiger partial charge on any atom is -0.432 e. The zero-order valence-electron chi connectivity index (χ0n) is 10.9. The van der Waals surface area contributed by atoms with E-state index in [1.54, 1.807) is 25.2 Å². The van der Waals surface area contributed by atoms with Gasteiger partial charge in [0.05, 0.1) is 4.92 Å². The molecule has 0 fully saturated rings. The minimum absolute atomic E-state index is 0.108. The lowest BCUT2D eigenvalue weighted by Gasteiger charge is -2.08. The average Bonchev–Trinajstić information content (AvgIpc) is 2.47. The smallest absolute Gasteiger partial charge is 0.311 e. The summed E-state index contributed by atoms with van der Waals surface area (Å²) < 4.78 is 5.51. The third kappa shape index (κ3) is 3.15. The van der Waals surface area contributed by atoms with Crippen LogP contribution in [-0.2, 0) is 0 Å². The topological polar surface area (TPSA) is 90.2 Å². The van der Waals surface area contributed by atoms with E-state index in [2.05, 4.69) is 15.3 Å². The molecule has 8 heteroatoms. The molecule has 0 unspecified atom stereocenters. The number of nitrogens with zero attached hydrogens (tertiary/aromatic N) is 3. The lowest BCUT2D eigenvalue weighted by Crippen LogP contribution is -1.99. The van der Waals surface area contributed by atoms with Gasteiger partial charge in [-0.05, 0) is 12.3 Å². The van der Waals surface area contributed by atoms with Gasteiger partial charge in [0.15, 0.2) is 5.16 Å². The van der Waals surface area contributed by atoms with Gasteiger partial charge in [-0.15, -0.1) is 0 Å². The van der Waals surface area contributed by atoms with Crippen molar-refractivity contribution in [3.05, 3.63) is 40.4 Å². The molecule has 1 aromatic heterocycles. The fraction of sp³-hybridized carbons (Fsp3) is 0.167. The maximum atomic E-state index is 10.9. The number of anilines is 1. The van der Waals surface area contributed by atoms with Crippen LogP contribution in [-0.4, -0.2) is 28.2 Å². The van der Waals surface area contributed by atoms with E-state index in [9.17, 15) is 10.1 Å². The van der Waals surface area contributed by atoms with Gasteiger partial charge in [-0.1, -0.05) is 23.9 Å². The van der Waals surface area contributed by atoms with Gasteiger partial charge >= 0.3 is 5.69 Å². The number of ether oxygens (including phenoxy) is 1. The third-order valence-electron chi connectivity index (χ3n) is 2.40. The van der Waals surface area contributed by atoms with Crippen molar-refractivity contribution in [3.63, 3.8) is 0 Å². The zero-order valence-corrected chi connectivity index (χ0v) is 11.7. The normalized spacial score (nSPS) is 10.1. The Morgan fingerprint density at radius 1 is 1.35 bits per heavy atom. The molecule has 0 radical (unpaired) electrons. The highest BCUT2D eigenvalue weighted by Crippen LogP contribution is 2.31. The van der Waals surface area contributed by atoms with Crippen molar-refractivity contribution in [1.29, 1.82) is 0 Å². The molecule has 0 spiro atoms. The summed E-state index contributed by atoms with van der Waals surface area (Å²) in [5.41, 5.74) is -0.108. The highest BCUT2D eigenvalue weighted by Gasteiger charge is 2.15. The summed E-state index contributed by atoms with van der Waals surface area (Å²) in [7, 11) is 1.72. The molecule has 1 aromatic carbocycles. The van der Waals surface area contributed by atoms with Crippen molar-refractivity contribution in [2.75, 3.05) is 18.6 Å². The maximum absolute atomic E-state index is 10.9. The van der Waals surface area contributed by atoms with Crippen LogP contribution in [0, 0.1) is 10.1 Å². The Morgan fingerprint density at radius 2 is 2.10 bits per heavy atom. The Bertz CT molecular complexity index is 614. The number of para-hydroxylation sites is 2. The Balaban J connectivity index is 2.37. The van der Waals surface area contributed by atoms with Gasteiger partial charge in [0.2, 0.25) is 11.6 Å². The molecule has 0 aliphatic rings. The number of hydrogen-bond donors (Lipinski definition) is 1. The van der Waals surface area contributed by atoms with Crippen molar-refractivity contribution < 1.29 is 9.66 Å². The van der Waals surface area contributed by atoms with E-state index in [1.165, 1.54) is 23.9 Å². The third-order valence-corrected chi connectivity index (χ3v) is 2.95. The predicted molar refractivity (Wildman–Crippen MR) is 76.5 cm³/mol. The summed E-state index contributed by atoms with van der Waals surface area (Å²) >= 11 is 1.36. The molecule has 7 nitrogen and oxygen atoms in total. The van der Waals surface area contributed by atoms with Gasteiger partial charge in [-0.2, -0.15) is 4.98 Å². The first-order valence-corrected chi connectivity index (χ1v) is 6.88. The van der Waals surface area contributed by atoms with Gasteiger partial charge in [0, 0.05) is 19.2 Å². The van der Waals surface area contributed by atoms with Crippen molar-refractivity contribution in [3.8, 4) is 11.6 Å². The second-order valence-corrected chi connectivity index (χ2v) is 4.43. The first kappa shape index (κ1) is 14.1. The number of benzene rings is 1. The number of nitrogens with one attached hydrogen (secondary N) is 1. The van der Waals surface area contributed by atoms with Crippen LogP contribution in [0.25, 0.3) is 0 Å². The van der Waals surface area contributed by atoms with Crippen LogP contribution in [0.15, 0.2) is 35.5 Å². The van der Waals surface area contributed by atoms with Crippen molar-refractivity contribution in [2.45, 2.75) is 5.16 Å². The quantitative estimate of drug-likeness (QED) is 0.392. The van der Waals surface area contributed by atoms with Gasteiger partial charge in [0.25, 0.3) is 0 Å². The summed E-state index contributed by atoms with van der Waals surface area (Å²) in [6, 6.07) is 7.73. The molecule has 0 amide bonds. The highest BCUT2D eigenvalue weighted by molar-refractivity contribution is 7.98. The van der Waals surface area contributed by atoms with E-state index >= 15 is 0 Å². The molecular weight excluding hydrogens is 280 g/mol. The maximum Gasteiger partial charge on any atom is 0.311 e. The number of nitro groups is 1. The minimum atomic E-state index is -0.495. The standard InChI is InChI=1S/C12H12N4O3S/c1-13-10-7-11(15-12(14-10)20-2)19-9-6-4-3-5-8(9)16(17)18/h3-7H,1-2H3,(H,13,14,15). The SMILES string of the molecule is CNc1cc(Oc2ccccc2[N+](=O)[O-])nc(SC)n1. The second-order valence-electron chi connectivity index (χ2n) is 3.66. The molecule has 0 atom stereocenters. The Kier molecular flexibility index (Phi) is 4.36. The van der Waals surface area contributed by atoms with Gasteiger partial charge in [-0.3, -0.25) is 10.1 Å². The number of hydrogen-bond acceptors (Lipinski definition) is 7. The summed E-state index contributed by atoms with van der Waals surface area (Å²) in [4.78, 5) is 18.8. The molecule has 2 aromatic rings. The lowest BCUT2D eigenvalue weighted by atomic mass is 10.3. The molecule has 2 rings (SSSR count). The highest BCUT2D eigenvalue weighted by atomic mass is 32.2. The largest absolute Gasteiger partial charge is 0.432 e. The monoisotopic (exact) mass is 292 g/mol. The van der Waals surface area contributed by atoms with E-state index in [0.717, 1.165) is 0 Å². The molecule has 1 heterocycles. The molecule has 1 N–H and O–H groups in total. The number of rotatable bonds is 5. The Hall–Kier alpha value is -2.35.